The normalized spacial score (nSPS) is 25.9. The number of aromatic hydroxyl groups is 1. The second kappa shape index (κ2) is 10.4. The van der Waals surface area contributed by atoms with Crippen LogP contribution in [0.2, 0.25) is 0 Å². The molecule has 2 aromatic rings. The summed E-state index contributed by atoms with van der Waals surface area (Å²) in [6, 6.07) is 16.7. The summed E-state index contributed by atoms with van der Waals surface area (Å²) in [5.74, 6) is -0.492. The second-order valence-corrected chi connectivity index (χ2v) is 10.2. The van der Waals surface area contributed by atoms with Crippen molar-refractivity contribution in [3.63, 3.8) is 0 Å². The molecule has 0 saturated carbocycles. The summed E-state index contributed by atoms with van der Waals surface area (Å²) in [5.41, 5.74) is 5.37. The van der Waals surface area contributed by atoms with E-state index in [4.69, 9.17) is 4.74 Å². The first-order chi connectivity index (χ1) is 17.5. The summed E-state index contributed by atoms with van der Waals surface area (Å²) in [6.45, 7) is 4.81. The fourth-order valence-corrected chi connectivity index (χ4v) is 6.34. The molecule has 0 radical (unpaired) electrons. The third-order valence-electron chi connectivity index (χ3n) is 8.05. The second-order valence-electron chi connectivity index (χ2n) is 10.2. The number of carbonyl (C=O) groups excluding carboxylic acids is 2. The first kappa shape index (κ1) is 24.5. The van der Waals surface area contributed by atoms with Crippen LogP contribution >= 0.6 is 0 Å². The number of nitrogens with zero attached hydrogens (tertiary/aromatic N) is 1. The average Bonchev–Trinajstić information content (AvgIpc) is 3.42. The summed E-state index contributed by atoms with van der Waals surface area (Å²) in [6.07, 6.45) is 7.27. The van der Waals surface area contributed by atoms with E-state index in [0.717, 1.165) is 37.7 Å². The zero-order chi connectivity index (χ0) is 25.2. The number of fused-ring (bicyclic) bond motifs is 3. The molecule has 4 atom stereocenters. The number of phenolic OH excluding ortho intramolecular Hbond substituents is 1. The predicted molar refractivity (Wildman–Crippen MR) is 141 cm³/mol. The smallest absolute Gasteiger partial charge is 0.238 e. The number of phenols is 1. The highest BCUT2D eigenvalue weighted by Crippen LogP contribution is 2.51. The maximum Gasteiger partial charge on any atom is 0.238 e. The summed E-state index contributed by atoms with van der Waals surface area (Å²) in [4.78, 5) is 28.5. The van der Waals surface area contributed by atoms with Gasteiger partial charge in [0.2, 0.25) is 11.8 Å². The Labute approximate surface area is 213 Å². The third-order valence-corrected chi connectivity index (χ3v) is 8.05. The van der Waals surface area contributed by atoms with Gasteiger partial charge in [-0.3, -0.25) is 14.5 Å². The number of rotatable bonds is 8. The molecule has 2 saturated heterocycles. The van der Waals surface area contributed by atoms with Crippen LogP contribution in [0, 0.1) is 17.8 Å². The van der Waals surface area contributed by atoms with Crippen LogP contribution in [0.1, 0.15) is 57.9 Å². The van der Waals surface area contributed by atoms with Gasteiger partial charge in [0, 0.05) is 11.5 Å². The van der Waals surface area contributed by atoms with Crippen molar-refractivity contribution >= 4 is 23.6 Å². The third kappa shape index (κ3) is 4.41. The number of para-hydroxylation sites is 2. The van der Waals surface area contributed by atoms with E-state index in [9.17, 15) is 14.7 Å². The molecular weight excluding hydrogens is 450 g/mol. The zero-order valence-corrected chi connectivity index (χ0v) is 21.2. The van der Waals surface area contributed by atoms with Gasteiger partial charge in [-0.15, -0.1) is 0 Å². The predicted octanol–water partition coefficient (Wildman–Crippen LogP) is 6.29. The van der Waals surface area contributed by atoms with E-state index in [1.165, 1.54) is 21.6 Å². The van der Waals surface area contributed by atoms with E-state index >= 15 is 0 Å². The van der Waals surface area contributed by atoms with Crippen LogP contribution in [0.4, 0.5) is 5.69 Å². The Morgan fingerprint density at radius 1 is 1.03 bits per heavy atom. The molecule has 2 aromatic carbocycles. The van der Waals surface area contributed by atoms with Crippen molar-refractivity contribution < 1.29 is 19.4 Å². The molecule has 188 valence electrons. The molecule has 0 aromatic heterocycles. The number of hydrogen-bond acceptors (Lipinski definition) is 4. The highest BCUT2D eigenvalue weighted by molar-refractivity contribution is 6.22. The lowest BCUT2D eigenvalue weighted by atomic mass is 9.68. The maximum atomic E-state index is 13.6. The maximum absolute atomic E-state index is 13.6. The van der Waals surface area contributed by atoms with E-state index in [1.807, 2.05) is 48.5 Å². The van der Waals surface area contributed by atoms with Crippen molar-refractivity contribution in [1.82, 2.24) is 0 Å². The number of amides is 2. The minimum Gasteiger partial charge on any atom is -0.507 e. The number of imide groups is 1. The van der Waals surface area contributed by atoms with Crippen LogP contribution in [-0.2, 0) is 14.3 Å². The Morgan fingerprint density at radius 3 is 2.50 bits per heavy atom. The molecule has 5 nitrogen and oxygen atoms in total. The number of ether oxygens (including phenoxy) is 1. The van der Waals surface area contributed by atoms with Crippen molar-refractivity contribution in [2.45, 2.75) is 58.5 Å². The van der Waals surface area contributed by atoms with E-state index < -0.39 is 0 Å². The van der Waals surface area contributed by atoms with Gasteiger partial charge >= 0.3 is 0 Å². The van der Waals surface area contributed by atoms with Crippen LogP contribution in [0.5, 0.6) is 5.75 Å². The van der Waals surface area contributed by atoms with Gasteiger partial charge in [-0.1, -0.05) is 73.9 Å². The lowest BCUT2D eigenvalue weighted by Crippen LogP contribution is -2.34. The van der Waals surface area contributed by atoms with E-state index in [-0.39, 0.29) is 35.7 Å². The van der Waals surface area contributed by atoms with Gasteiger partial charge in [-0.2, -0.15) is 0 Å². The lowest BCUT2D eigenvalue weighted by Gasteiger charge is -2.32. The first-order valence-corrected chi connectivity index (χ1v) is 13.3. The number of carbonyl (C=O) groups is 2. The number of benzene rings is 2. The van der Waals surface area contributed by atoms with Gasteiger partial charge < -0.3 is 9.84 Å². The Hall–Kier alpha value is -3.18. The molecule has 2 aliphatic heterocycles. The largest absolute Gasteiger partial charge is 0.507 e. The molecular formula is C31H35NO4. The lowest BCUT2D eigenvalue weighted by molar-refractivity contribution is -0.122. The van der Waals surface area contributed by atoms with Crippen molar-refractivity contribution in [3.05, 3.63) is 76.9 Å². The molecule has 1 aliphatic carbocycles. The molecule has 3 aliphatic rings. The molecule has 2 fully saturated rings. The van der Waals surface area contributed by atoms with E-state index in [1.54, 1.807) is 6.07 Å². The number of allylic oxidation sites excluding steroid dienone is 2. The number of anilines is 1. The minimum atomic E-state index is -0.333. The molecule has 0 spiro atoms. The van der Waals surface area contributed by atoms with Crippen LogP contribution < -0.4 is 4.90 Å². The van der Waals surface area contributed by atoms with Crippen LogP contribution in [0.3, 0.4) is 0 Å². The standard InChI is InChI=1S/C31H35NO4/c1-3-10-22-18-24-29(31(35)32(30(24)34)23-12-6-5-7-13-23)25-19-36-27(28(22)25)16-15-20(4-2)17-21-11-8-9-14-26(21)33/h5-9,11-14,17,24-25,27,29,33H,3-4,10,15-16,18-19H2,1-2H3/b20-17+/t24-,25+,27-,29-/m1/s1. The van der Waals surface area contributed by atoms with Gasteiger partial charge in [-0.05, 0) is 55.9 Å². The number of hydrogen-bond donors (Lipinski definition) is 1. The molecule has 2 amide bonds. The van der Waals surface area contributed by atoms with Crippen LogP contribution in [-0.4, -0.2) is 29.6 Å². The first-order valence-electron chi connectivity index (χ1n) is 13.3. The molecule has 0 bridgehead atoms. The Morgan fingerprint density at radius 2 is 1.78 bits per heavy atom. The quantitative estimate of drug-likeness (QED) is 0.353. The summed E-state index contributed by atoms with van der Waals surface area (Å²) < 4.78 is 6.36. The minimum absolute atomic E-state index is 0.0207. The summed E-state index contributed by atoms with van der Waals surface area (Å²) in [7, 11) is 0. The van der Waals surface area contributed by atoms with Crippen molar-refractivity contribution in [2.75, 3.05) is 11.5 Å². The molecule has 36 heavy (non-hydrogen) atoms. The molecule has 5 rings (SSSR count). The highest BCUT2D eigenvalue weighted by Gasteiger charge is 2.57. The van der Waals surface area contributed by atoms with Gasteiger partial charge in [0.25, 0.3) is 0 Å². The van der Waals surface area contributed by atoms with Crippen LogP contribution in [0.25, 0.3) is 6.08 Å². The van der Waals surface area contributed by atoms with E-state index in [0.29, 0.717) is 24.5 Å². The highest BCUT2D eigenvalue weighted by atomic mass is 16.5. The Kier molecular flexibility index (Phi) is 7.10. The van der Waals surface area contributed by atoms with Gasteiger partial charge in [0.1, 0.15) is 5.75 Å². The molecule has 5 heteroatoms. The summed E-state index contributed by atoms with van der Waals surface area (Å²) >= 11 is 0. The van der Waals surface area contributed by atoms with Crippen molar-refractivity contribution in [2.24, 2.45) is 17.8 Å². The van der Waals surface area contributed by atoms with Crippen molar-refractivity contribution in [3.8, 4) is 5.75 Å². The van der Waals surface area contributed by atoms with E-state index in [2.05, 4.69) is 19.9 Å². The van der Waals surface area contributed by atoms with Gasteiger partial charge in [0.05, 0.1) is 30.2 Å². The Bertz CT molecular complexity index is 1200. The molecule has 2 heterocycles. The Balaban J connectivity index is 1.39. The topological polar surface area (TPSA) is 66.8 Å². The van der Waals surface area contributed by atoms with Crippen LogP contribution in [0.15, 0.2) is 71.3 Å². The van der Waals surface area contributed by atoms with Gasteiger partial charge in [0.15, 0.2) is 0 Å². The average molecular weight is 486 g/mol. The SMILES string of the molecule is CCCC1=C2[C@@H](CC/C(=C/c3ccccc3O)CC)OC[C@@H]2[C@@H]2C(=O)N(c3ccccc3)C(=O)[C@@H]2C1. The monoisotopic (exact) mass is 485 g/mol. The fraction of sp³-hybridized carbons (Fsp3) is 0.419. The molecule has 1 N–H and O–H groups in total. The van der Waals surface area contributed by atoms with Crippen molar-refractivity contribution in [1.29, 1.82) is 0 Å². The molecule has 0 unspecified atom stereocenters. The zero-order valence-electron chi connectivity index (χ0n) is 21.2. The fourth-order valence-electron chi connectivity index (χ4n) is 6.34. The van der Waals surface area contributed by atoms with Gasteiger partial charge in [-0.25, -0.2) is 0 Å². The summed E-state index contributed by atoms with van der Waals surface area (Å²) in [5, 5.41) is 10.2.